The highest BCUT2D eigenvalue weighted by Gasteiger charge is 2.27. The van der Waals surface area contributed by atoms with Crippen molar-refractivity contribution in [3.8, 4) is 0 Å². The van der Waals surface area contributed by atoms with Gasteiger partial charge in [-0.25, -0.2) is 9.78 Å². The molecule has 1 heterocycles. The summed E-state index contributed by atoms with van der Waals surface area (Å²) in [5.74, 6) is 0.505. The zero-order valence-corrected chi connectivity index (χ0v) is 16.3. The van der Waals surface area contributed by atoms with Crippen molar-refractivity contribution in [3.05, 3.63) is 16.3 Å². The predicted molar refractivity (Wildman–Crippen MR) is 102 cm³/mol. The van der Waals surface area contributed by atoms with Crippen molar-refractivity contribution in [2.75, 3.05) is 30.8 Å². The fourth-order valence-electron chi connectivity index (χ4n) is 3.06. The maximum Gasteiger partial charge on any atom is 0.409 e. The van der Waals surface area contributed by atoms with Crippen molar-refractivity contribution in [1.82, 2.24) is 14.9 Å². The minimum Gasteiger partial charge on any atom is -0.453 e. The first kappa shape index (κ1) is 20.7. The molecule has 0 aromatic carbocycles. The van der Waals surface area contributed by atoms with Crippen LogP contribution in [-0.4, -0.2) is 57.7 Å². The van der Waals surface area contributed by atoms with Gasteiger partial charge in [-0.2, -0.15) is 4.98 Å². The van der Waals surface area contributed by atoms with Gasteiger partial charge >= 0.3 is 11.8 Å². The van der Waals surface area contributed by atoms with Gasteiger partial charge < -0.3 is 20.3 Å². The Kier molecular flexibility index (Phi) is 6.75. The van der Waals surface area contributed by atoms with E-state index in [0.717, 1.165) is 25.7 Å². The van der Waals surface area contributed by atoms with E-state index in [1.807, 2.05) is 20.8 Å². The van der Waals surface area contributed by atoms with E-state index in [-0.39, 0.29) is 18.1 Å². The Morgan fingerprint density at radius 2 is 2.07 bits per heavy atom. The van der Waals surface area contributed by atoms with Gasteiger partial charge in [-0.1, -0.05) is 12.8 Å². The first-order valence-corrected chi connectivity index (χ1v) is 9.10. The molecule has 27 heavy (non-hydrogen) atoms. The molecule has 1 aromatic rings. The normalized spacial score (nSPS) is 14.7. The van der Waals surface area contributed by atoms with Crippen molar-refractivity contribution in [2.45, 2.75) is 58.0 Å². The Morgan fingerprint density at radius 1 is 1.41 bits per heavy atom. The fraction of sp³-hybridized carbons (Fsp3) is 0.706. The Bertz CT molecular complexity index is 670. The molecule has 1 saturated carbocycles. The molecule has 1 fully saturated rings. The summed E-state index contributed by atoms with van der Waals surface area (Å²) in [6.07, 6.45) is 5.16. The van der Waals surface area contributed by atoms with E-state index in [4.69, 9.17) is 4.74 Å². The number of ether oxygens (including phenoxy) is 1. The van der Waals surface area contributed by atoms with E-state index in [0.29, 0.717) is 18.5 Å². The van der Waals surface area contributed by atoms with E-state index in [2.05, 4.69) is 20.6 Å². The molecule has 0 atom stereocenters. The number of rotatable bonds is 7. The third-order valence-corrected chi connectivity index (χ3v) is 4.49. The molecule has 2 N–H and O–H groups in total. The average Bonchev–Trinajstić information content (AvgIpc) is 3.10. The minimum atomic E-state index is -0.524. The van der Waals surface area contributed by atoms with Crippen LogP contribution in [-0.2, 0) is 4.74 Å². The molecule has 0 spiro atoms. The second kappa shape index (κ2) is 8.83. The van der Waals surface area contributed by atoms with Crippen LogP contribution in [0.1, 0.15) is 46.5 Å². The van der Waals surface area contributed by atoms with Gasteiger partial charge in [-0.05, 0) is 33.6 Å². The summed E-state index contributed by atoms with van der Waals surface area (Å²) in [4.78, 5) is 32.6. The van der Waals surface area contributed by atoms with Crippen LogP contribution in [0.15, 0.2) is 6.20 Å². The summed E-state index contributed by atoms with van der Waals surface area (Å²) in [7, 11) is 1.32. The molecule has 150 valence electrons. The molecule has 0 radical (unpaired) electrons. The SMILES string of the molecule is COC(=O)N(CCNc1nc(NC2CCCC2)ncc1[N+](=O)[O-])C(C)(C)C. The maximum atomic E-state index is 12.0. The number of carbonyl (C=O) groups excluding carboxylic acids is 1. The van der Waals surface area contributed by atoms with Crippen LogP contribution in [0, 0.1) is 10.1 Å². The lowest BCUT2D eigenvalue weighted by atomic mass is 10.1. The van der Waals surface area contributed by atoms with E-state index >= 15 is 0 Å². The Hall–Kier alpha value is -2.65. The second-order valence-electron chi connectivity index (χ2n) is 7.53. The molecule has 10 nitrogen and oxygen atoms in total. The molecule has 0 bridgehead atoms. The molecule has 0 unspecified atom stereocenters. The molecule has 1 aliphatic rings. The second-order valence-corrected chi connectivity index (χ2v) is 7.53. The molecule has 0 saturated heterocycles. The number of nitrogens with zero attached hydrogens (tertiary/aromatic N) is 4. The van der Waals surface area contributed by atoms with Gasteiger partial charge in [-0.15, -0.1) is 0 Å². The number of methoxy groups -OCH3 is 1. The number of nitrogens with one attached hydrogen (secondary N) is 2. The van der Waals surface area contributed by atoms with Gasteiger partial charge in [0.2, 0.25) is 11.8 Å². The van der Waals surface area contributed by atoms with Gasteiger partial charge in [0.25, 0.3) is 0 Å². The van der Waals surface area contributed by atoms with Crippen molar-refractivity contribution >= 4 is 23.5 Å². The Morgan fingerprint density at radius 3 is 2.63 bits per heavy atom. The van der Waals surface area contributed by atoms with Crippen molar-refractivity contribution in [1.29, 1.82) is 0 Å². The van der Waals surface area contributed by atoms with Crippen LogP contribution in [0.25, 0.3) is 0 Å². The summed E-state index contributed by atoms with van der Waals surface area (Å²) >= 11 is 0. The van der Waals surface area contributed by atoms with Crippen LogP contribution >= 0.6 is 0 Å². The molecule has 1 amide bonds. The molecule has 1 aromatic heterocycles. The maximum absolute atomic E-state index is 12.0. The predicted octanol–water partition coefficient (Wildman–Crippen LogP) is 3.02. The lowest BCUT2D eigenvalue weighted by Gasteiger charge is -2.34. The van der Waals surface area contributed by atoms with Gasteiger partial charge in [0.15, 0.2) is 0 Å². The average molecular weight is 380 g/mol. The molecule has 1 aliphatic carbocycles. The van der Waals surface area contributed by atoms with Gasteiger partial charge in [0, 0.05) is 24.7 Å². The lowest BCUT2D eigenvalue weighted by molar-refractivity contribution is -0.384. The third kappa shape index (κ3) is 5.66. The number of anilines is 2. The Labute approximate surface area is 158 Å². The molecular formula is C17H28N6O4. The number of amides is 1. The van der Waals surface area contributed by atoms with E-state index < -0.39 is 16.6 Å². The monoisotopic (exact) mass is 380 g/mol. The van der Waals surface area contributed by atoms with Gasteiger partial charge in [-0.3, -0.25) is 10.1 Å². The van der Waals surface area contributed by atoms with Gasteiger partial charge in [0.05, 0.1) is 12.0 Å². The highest BCUT2D eigenvalue weighted by atomic mass is 16.6. The number of hydrogen-bond acceptors (Lipinski definition) is 8. The molecule has 0 aliphatic heterocycles. The smallest absolute Gasteiger partial charge is 0.409 e. The molecule has 2 rings (SSSR count). The van der Waals surface area contributed by atoms with Crippen molar-refractivity contribution < 1.29 is 14.5 Å². The number of nitro groups is 1. The first-order chi connectivity index (χ1) is 12.7. The van der Waals surface area contributed by atoms with Crippen LogP contribution in [0.3, 0.4) is 0 Å². The highest BCUT2D eigenvalue weighted by Crippen LogP contribution is 2.25. The highest BCUT2D eigenvalue weighted by molar-refractivity contribution is 5.68. The summed E-state index contributed by atoms with van der Waals surface area (Å²) < 4.78 is 4.81. The molecular weight excluding hydrogens is 352 g/mol. The zero-order chi connectivity index (χ0) is 20.0. The fourth-order valence-corrected chi connectivity index (χ4v) is 3.06. The van der Waals surface area contributed by atoms with Crippen LogP contribution in [0.2, 0.25) is 0 Å². The standard InChI is InChI=1S/C17H28N6O4/c1-17(2,3)22(16(24)27-4)10-9-18-14-13(23(25)26)11-19-15(21-14)20-12-7-5-6-8-12/h11-12H,5-10H2,1-4H3,(H2,18,19,20,21). The van der Waals surface area contributed by atoms with Crippen LogP contribution < -0.4 is 10.6 Å². The lowest BCUT2D eigenvalue weighted by Crippen LogP contribution is -2.47. The van der Waals surface area contributed by atoms with E-state index in [1.165, 1.54) is 13.3 Å². The summed E-state index contributed by atoms with van der Waals surface area (Å²) in [5.41, 5.74) is -0.644. The van der Waals surface area contributed by atoms with Crippen LogP contribution in [0.5, 0.6) is 0 Å². The topological polar surface area (TPSA) is 123 Å². The number of hydrogen-bond donors (Lipinski definition) is 2. The van der Waals surface area contributed by atoms with Crippen molar-refractivity contribution in [2.24, 2.45) is 0 Å². The van der Waals surface area contributed by atoms with E-state index in [1.54, 1.807) is 4.90 Å². The number of carbonyl (C=O) groups is 1. The largest absolute Gasteiger partial charge is 0.453 e. The Balaban J connectivity index is 2.08. The van der Waals surface area contributed by atoms with Crippen molar-refractivity contribution in [3.63, 3.8) is 0 Å². The summed E-state index contributed by atoms with van der Waals surface area (Å²) in [6.45, 7) is 6.26. The quantitative estimate of drug-likeness (QED) is 0.547. The van der Waals surface area contributed by atoms with Crippen LogP contribution in [0.4, 0.5) is 22.2 Å². The van der Waals surface area contributed by atoms with Gasteiger partial charge in [0.1, 0.15) is 6.20 Å². The molecule has 10 heteroatoms. The summed E-state index contributed by atoms with van der Waals surface area (Å²) in [6, 6.07) is 0.301. The first-order valence-electron chi connectivity index (χ1n) is 9.10. The van der Waals surface area contributed by atoms with E-state index in [9.17, 15) is 14.9 Å². The minimum absolute atomic E-state index is 0.134. The zero-order valence-electron chi connectivity index (χ0n) is 16.3. The summed E-state index contributed by atoms with van der Waals surface area (Å²) in [5, 5.41) is 17.5. The third-order valence-electron chi connectivity index (χ3n) is 4.49. The number of aromatic nitrogens is 2.